The molecule has 5 aromatic rings. The van der Waals surface area contributed by atoms with Gasteiger partial charge in [0, 0.05) is 17.5 Å². The Morgan fingerprint density at radius 2 is 1.48 bits per heavy atom. The normalized spacial score (nSPS) is 12.4. The van der Waals surface area contributed by atoms with E-state index in [4.69, 9.17) is 4.74 Å². The van der Waals surface area contributed by atoms with Crippen molar-refractivity contribution < 1.29 is 9.30 Å². The number of hydrogen-bond donors (Lipinski definition) is 0. The third-order valence-electron chi connectivity index (χ3n) is 5.78. The number of pyridine rings is 1. The fourth-order valence-corrected chi connectivity index (χ4v) is 4.47. The van der Waals surface area contributed by atoms with Gasteiger partial charge in [-0.3, -0.25) is 0 Å². The highest BCUT2D eigenvalue weighted by Gasteiger charge is 2.30. The average molecular weight is 348 g/mol. The Bertz CT molecular complexity index is 1420. The predicted octanol–water partition coefficient (Wildman–Crippen LogP) is 6.05. The molecule has 0 bridgehead atoms. The number of ether oxygens (including phenoxy) is 1. The number of aromatic nitrogens is 1. The summed E-state index contributed by atoms with van der Waals surface area (Å²) in [4.78, 5) is 0. The first-order chi connectivity index (χ1) is 13.2. The maximum Gasteiger partial charge on any atom is 0.256 e. The van der Waals surface area contributed by atoms with Crippen molar-refractivity contribution in [1.29, 1.82) is 0 Å². The molecule has 0 saturated carbocycles. The van der Waals surface area contributed by atoms with Crippen molar-refractivity contribution in [2.24, 2.45) is 7.05 Å². The zero-order chi connectivity index (χ0) is 18.1. The van der Waals surface area contributed by atoms with Gasteiger partial charge in [0.25, 0.3) is 5.69 Å². The summed E-state index contributed by atoms with van der Waals surface area (Å²) in [5, 5.41) is 6.13. The van der Waals surface area contributed by atoms with E-state index in [-0.39, 0.29) is 0 Å². The van der Waals surface area contributed by atoms with Crippen LogP contribution in [0.1, 0.15) is 5.56 Å². The summed E-state index contributed by atoms with van der Waals surface area (Å²) < 4.78 is 8.67. The molecule has 0 atom stereocenters. The van der Waals surface area contributed by atoms with Gasteiger partial charge < -0.3 is 4.74 Å². The molecule has 27 heavy (non-hydrogen) atoms. The highest BCUT2D eigenvalue weighted by atomic mass is 16.5. The van der Waals surface area contributed by atoms with E-state index in [1.54, 1.807) is 0 Å². The van der Waals surface area contributed by atoms with Crippen molar-refractivity contribution in [1.82, 2.24) is 0 Å². The molecule has 1 aliphatic rings. The molecule has 4 aromatic carbocycles. The second-order valence-electron chi connectivity index (χ2n) is 7.39. The number of rotatable bonds is 0. The van der Waals surface area contributed by atoms with E-state index in [2.05, 4.69) is 91.3 Å². The molecule has 0 N–H and O–H groups in total. The minimum absolute atomic E-state index is 0.926. The van der Waals surface area contributed by atoms with Crippen LogP contribution in [-0.4, -0.2) is 0 Å². The Morgan fingerprint density at radius 1 is 0.704 bits per heavy atom. The van der Waals surface area contributed by atoms with E-state index in [9.17, 15) is 0 Å². The molecule has 0 radical (unpaired) electrons. The van der Waals surface area contributed by atoms with Crippen LogP contribution in [-0.2, 0) is 7.05 Å². The summed E-state index contributed by atoms with van der Waals surface area (Å²) in [7, 11) is 2.14. The van der Waals surface area contributed by atoms with Gasteiger partial charge >= 0.3 is 0 Å². The predicted molar refractivity (Wildman–Crippen MR) is 110 cm³/mol. The van der Waals surface area contributed by atoms with E-state index in [1.165, 1.54) is 43.6 Å². The van der Waals surface area contributed by atoms with E-state index >= 15 is 0 Å². The summed E-state index contributed by atoms with van der Waals surface area (Å²) >= 11 is 0. The number of nitrogens with zero attached hydrogens (tertiary/aromatic N) is 1. The van der Waals surface area contributed by atoms with Gasteiger partial charge in [0.05, 0.1) is 10.9 Å². The monoisotopic (exact) mass is 348 g/mol. The SMILES string of the molecule is Cc1ccc2cccc3c2c1-c1c(cc2cc4ccccc4cc2[n+]1C)O3. The van der Waals surface area contributed by atoms with E-state index in [0.717, 1.165) is 17.2 Å². The van der Waals surface area contributed by atoms with Crippen LogP contribution in [0.2, 0.25) is 0 Å². The Balaban J connectivity index is 1.80. The van der Waals surface area contributed by atoms with Crippen molar-refractivity contribution in [3.63, 3.8) is 0 Å². The largest absolute Gasteiger partial charge is 0.450 e. The topological polar surface area (TPSA) is 13.1 Å². The fraction of sp³-hybridized carbons (Fsp3) is 0.0800. The van der Waals surface area contributed by atoms with Crippen LogP contribution >= 0.6 is 0 Å². The highest BCUT2D eigenvalue weighted by Crippen LogP contribution is 2.47. The molecule has 1 aromatic heterocycles. The van der Waals surface area contributed by atoms with Gasteiger partial charge in [-0.25, -0.2) is 0 Å². The van der Waals surface area contributed by atoms with Crippen molar-refractivity contribution in [2.45, 2.75) is 6.92 Å². The summed E-state index contributed by atoms with van der Waals surface area (Å²) in [5.41, 5.74) is 4.92. The van der Waals surface area contributed by atoms with Crippen LogP contribution in [0.15, 0.2) is 72.8 Å². The zero-order valence-corrected chi connectivity index (χ0v) is 15.3. The van der Waals surface area contributed by atoms with Gasteiger partial charge in [0.15, 0.2) is 5.75 Å². The number of aryl methyl sites for hydroxylation is 2. The lowest BCUT2D eigenvalue weighted by atomic mass is 9.93. The number of hydrogen-bond acceptors (Lipinski definition) is 1. The number of fused-ring (bicyclic) bond motifs is 4. The van der Waals surface area contributed by atoms with Crippen LogP contribution in [0.4, 0.5) is 0 Å². The molecule has 0 fully saturated rings. The number of benzene rings is 4. The van der Waals surface area contributed by atoms with Crippen LogP contribution in [0.25, 0.3) is 43.7 Å². The van der Waals surface area contributed by atoms with Crippen molar-refractivity contribution in [3.05, 3.63) is 78.4 Å². The Labute approximate surface area is 157 Å². The first kappa shape index (κ1) is 14.7. The van der Waals surface area contributed by atoms with Gasteiger partial charge in [-0.2, -0.15) is 4.57 Å². The fourth-order valence-electron chi connectivity index (χ4n) is 4.47. The van der Waals surface area contributed by atoms with Gasteiger partial charge in [-0.15, -0.1) is 0 Å². The molecule has 2 heterocycles. The maximum atomic E-state index is 6.38. The van der Waals surface area contributed by atoms with E-state index in [0.29, 0.717) is 0 Å². The minimum atomic E-state index is 0.926. The second-order valence-corrected chi connectivity index (χ2v) is 7.39. The molecule has 1 aliphatic heterocycles. The second kappa shape index (κ2) is 5.08. The smallest absolute Gasteiger partial charge is 0.256 e. The standard InChI is InChI=1S/C25H18NO/c1-15-10-11-16-8-5-9-21-24(16)23(15)25-22(27-21)14-19-12-17-6-3-4-7-18(17)13-20(19)26(25)2/h3-14H,1-2H3/q+1. The lowest BCUT2D eigenvalue weighted by Crippen LogP contribution is -2.33. The summed E-state index contributed by atoms with van der Waals surface area (Å²) in [6.07, 6.45) is 0. The molecule has 6 rings (SSSR count). The van der Waals surface area contributed by atoms with Crippen LogP contribution in [0.5, 0.6) is 11.5 Å². The van der Waals surface area contributed by atoms with Gasteiger partial charge in [0.1, 0.15) is 12.8 Å². The third-order valence-corrected chi connectivity index (χ3v) is 5.78. The maximum absolute atomic E-state index is 6.38. The highest BCUT2D eigenvalue weighted by molar-refractivity contribution is 6.05. The molecule has 0 saturated heterocycles. The Morgan fingerprint density at radius 3 is 2.33 bits per heavy atom. The van der Waals surface area contributed by atoms with Crippen molar-refractivity contribution >= 4 is 32.4 Å². The quantitative estimate of drug-likeness (QED) is 0.240. The third kappa shape index (κ3) is 1.93. The molecule has 0 amide bonds. The molecular formula is C25H18NO+. The molecule has 0 aliphatic carbocycles. The zero-order valence-electron chi connectivity index (χ0n) is 15.3. The first-order valence-corrected chi connectivity index (χ1v) is 9.27. The summed E-state index contributed by atoms with van der Waals surface area (Å²) in [5.74, 6) is 1.87. The molecule has 0 unspecified atom stereocenters. The lowest BCUT2D eigenvalue weighted by molar-refractivity contribution is -0.633. The Hall–Kier alpha value is -3.39. The van der Waals surface area contributed by atoms with E-state index in [1.807, 2.05) is 0 Å². The summed E-state index contributed by atoms with van der Waals surface area (Å²) in [6.45, 7) is 2.19. The summed E-state index contributed by atoms with van der Waals surface area (Å²) in [6, 6.07) is 25.9. The molecular weight excluding hydrogens is 330 g/mol. The Kier molecular flexibility index (Phi) is 2.77. The van der Waals surface area contributed by atoms with Crippen molar-refractivity contribution in [3.8, 4) is 22.8 Å². The van der Waals surface area contributed by atoms with Gasteiger partial charge in [0.2, 0.25) is 5.52 Å². The van der Waals surface area contributed by atoms with Gasteiger partial charge in [-0.1, -0.05) is 48.5 Å². The lowest BCUT2D eigenvalue weighted by Gasteiger charge is -2.21. The van der Waals surface area contributed by atoms with E-state index < -0.39 is 0 Å². The van der Waals surface area contributed by atoms with Crippen LogP contribution in [0, 0.1) is 6.92 Å². The first-order valence-electron chi connectivity index (χ1n) is 9.27. The molecule has 2 heteroatoms. The van der Waals surface area contributed by atoms with Crippen LogP contribution < -0.4 is 9.30 Å². The van der Waals surface area contributed by atoms with Crippen molar-refractivity contribution in [2.75, 3.05) is 0 Å². The van der Waals surface area contributed by atoms with Gasteiger partial charge in [-0.05, 0) is 40.8 Å². The van der Waals surface area contributed by atoms with Crippen LogP contribution in [0.3, 0.4) is 0 Å². The molecule has 128 valence electrons. The molecule has 0 spiro atoms. The molecule has 2 nitrogen and oxygen atoms in total. The minimum Gasteiger partial charge on any atom is -0.450 e. The average Bonchev–Trinajstić information content (AvgIpc) is 2.69.